The van der Waals surface area contributed by atoms with Gasteiger partial charge in [0.05, 0.1) is 18.0 Å². The number of carbonyl (C=O) groups is 2. The Balaban J connectivity index is 2.13. The molecule has 0 radical (unpaired) electrons. The predicted molar refractivity (Wildman–Crippen MR) is 80.7 cm³/mol. The van der Waals surface area contributed by atoms with Crippen molar-refractivity contribution in [1.82, 2.24) is 9.88 Å². The first kappa shape index (κ1) is 15.5. The molecule has 0 aliphatic rings. The number of carbonyl (C=O) groups excluding carboxylic acids is 2. The summed E-state index contributed by atoms with van der Waals surface area (Å²) in [6.45, 7) is 0.450. The molecule has 2 aromatic rings. The summed E-state index contributed by atoms with van der Waals surface area (Å²) < 4.78 is 5.27. The molecular formula is C14H13ClN2O3S. The fraction of sp³-hybridized carbons (Fsp3) is 0.214. The summed E-state index contributed by atoms with van der Waals surface area (Å²) in [5, 5.41) is 0. The minimum absolute atomic E-state index is 0.107. The topological polar surface area (TPSA) is 59.5 Å². The van der Waals surface area contributed by atoms with E-state index in [9.17, 15) is 9.59 Å². The lowest BCUT2D eigenvalue weighted by molar-refractivity contribution is 0.0594. The largest absolute Gasteiger partial charge is 0.464 e. The highest BCUT2D eigenvalue weighted by Crippen LogP contribution is 2.22. The van der Waals surface area contributed by atoms with Crippen LogP contribution in [0.5, 0.6) is 0 Å². The molecule has 21 heavy (non-hydrogen) atoms. The molecule has 0 aromatic carbocycles. The van der Waals surface area contributed by atoms with E-state index in [1.165, 1.54) is 30.7 Å². The third kappa shape index (κ3) is 3.80. The predicted octanol–water partition coefficient (Wildman–Crippen LogP) is 2.86. The van der Waals surface area contributed by atoms with E-state index in [2.05, 4.69) is 9.72 Å². The minimum Gasteiger partial charge on any atom is -0.464 e. The first-order valence-electron chi connectivity index (χ1n) is 6.05. The molecule has 0 fully saturated rings. The van der Waals surface area contributed by atoms with Crippen LogP contribution in [-0.2, 0) is 11.3 Å². The van der Waals surface area contributed by atoms with Crippen molar-refractivity contribution in [2.75, 3.05) is 14.2 Å². The lowest BCUT2D eigenvalue weighted by atomic mass is 10.2. The van der Waals surface area contributed by atoms with Crippen LogP contribution in [0.3, 0.4) is 0 Å². The zero-order valence-corrected chi connectivity index (χ0v) is 13.1. The lowest BCUT2D eigenvalue weighted by Gasteiger charge is -2.16. The number of esters is 1. The van der Waals surface area contributed by atoms with Gasteiger partial charge in [-0.15, -0.1) is 11.3 Å². The van der Waals surface area contributed by atoms with E-state index in [4.69, 9.17) is 11.6 Å². The van der Waals surface area contributed by atoms with E-state index in [-0.39, 0.29) is 11.6 Å². The quantitative estimate of drug-likeness (QED) is 0.811. The van der Waals surface area contributed by atoms with Crippen molar-refractivity contribution in [2.24, 2.45) is 0 Å². The summed E-state index contributed by atoms with van der Waals surface area (Å²) in [6, 6.07) is 6.66. The van der Waals surface area contributed by atoms with Gasteiger partial charge < -0.3 is 9.64 Å². The number of hydrogen-bond donors (Lipinski definition) is 0. The molecule has 0 unspecified atom stereocenters. The standard InChI is InChI=1S/C14H13ClN2O3S/c1-17(8-10-3-4-12(15)21-10)13(18)9-5-6-16-11(7-9)14(19)20-2/h3-7H,8H2,1-2H3. The van der Waals surface area contributed by atoms with Crippen molar-refractivity contribution < 1.29 is 14.3 Å². The van der Waals surface area contributed by atoms with Crippen molar-refractivity contribution in [2.45, 2.75) is 6.54 Å². The lowest BCUT2D eigenvalue weighted by Crippen LogP contribution is -2.26. The van der Waals surface area contributed by atoms with Crippen LogP contribution in [0, 0.1) is 0 Å². The zero-order valence-electron chi connectivity index (χ0n) is 11.5. The second-order valence-electron chi connectivity index (χ2n) is 4.29. The number of thiophene rings is 1. The van der Waals surface area contributed by atoms with Crippen LogP contribution < -0.4 is 0 Å². The highest BCUT2D eigenvalue weighted by atomic mass is 35.5. The maximum Gasteiger partial charge on any atom is 0.356 e. The van der Waals surface area contributed by atoms with Crippen LogP contribution in [0.1, 0.15) is 25.7 Å². The first-order valence-corrected chi connectivity index (χ1v) is 7.24. The highest BCUT2D eigenvalue weighted by Gasteiger charge is 2.16. The average molecular weight is 325 g/mol. The van der Waals surface area contributed by atoms with E-state index >= 15 is 0 Å². The molecule has 0 atom stereocenters. The molecular weight excluding hydrogens is 312 g/mol. The molecule has 5 nitrogen and oxygen atoms in total. The van der Waals surface area contributed by atoms with Gasteiger partial charge in [0.25, 0.3) is 5.91 Å². The highest BCUT2D eigenvalue weighted by molar-refractivity contribution is 7.16. The number of hydrogen-bond acceptors (Lipinski definition) is 5. The van der Waals surface area contributed by atoms with Crippen LogP contribution in [0.25, 0.3) is 0 Å². The summed E-state index contributed by atoms with van der Waals surface area (Å²) in [5.74, 6) is -0.774. The molecule has 0 bridgehead atoms. The van der Waals surface area contributed by atoms with Crippen molar-refractivity contribution in [3.8, 4) is 0 Å². The fourth-order valence-electron chi connectivity index (χ4n) is 1.74. The van der Waals surface area contributed by atoms with Gasteiger partial charge in [0, 0.05) is 23.7 Å². The van der Waals surface area contributed by atoms with Gasteiger partial charge in [0.1, 0.15) is 5.69 Å². The summed E-state index contributed by atoms with van der Waals surface area (Å²) in [4.78, 5) is 30.2. The number of halogens is 1. The molecule has 2 rings (SSSR count). The number of nitrogens with zero attached hydrogens (tertiary/aromatic N) is 2. The molecule has 0 aliphatic heterocycles. The summed E-state index contributed by atoms with van der Waals surface area (Å²) in [5.41, 5.74) is 0.492. The van der Waals surface area contributed by atoms with E-state index in [0.29, 0.717) is 16.4 Å². The summed E-state index contributed by atoms with van der Waals surface area (Å²) >= 11 is 7.29. The second-order valence-corrected chi connectivity index (χ2v) is 6.09. The molecule has 0 spiro atoms. The van der Waals surface area contributed by atoms with Crippen molar-refractivity contribution in [1.29, 1.82) is 0 Å². The van der Waals surface area contributed by atoms with Gasteiger partial charge in [-0.1, -0.05) is 11.6 Å². The number of pyridine rings is 1. The molecule has 2 heterocycles. The third-order valence-electron chi connectivity index (χ3n) is 2.77. The van der Waals surface area contributed by atoms with Crippen LogP contribution in [0.2, 0.25) is 4.34 Å². The number of methoxy groups -OCH3 is 1. The summed E-state index contributed by atoms with van der Waals surface area (Å²) in [6.07, 6.45) is 1.41. The van der Waals surface area contributed by atoms with Crippen molar-refractivity contribution in [3.63, 3.8) is 0 Å². The number of rotatable bonds is 4. The Morgan fingerprint density at radius 1 is 1.38 bits per heavy atom. The van der Waals surface area contributed by atoms with Gasteiger partial charge in [-0.25, -0.2) is 9.78 Å². The van der Waals surface area contributed by atoms with Crippen molar-refractivity contribution >= 4 is 34.8 Å². The Kier molecular flexibility index (Phi) is 4.93. The van der Waals surface area contributed by atoms with Gasteiger partial charge in [-0.3, -0.25) is 4.79 Å². The molecule has 0 N–H and O–H groups in total. The SMILES string of the molecule is COC(=O)c1cc(C(=O)N(C)Cc2ccc(Cl)s2)ccn1. The molecule has 0 saturated heterocycles. The Hall–Kier alpha value is -1.92. The van der Waals surface area contributed by atoms with Crippen LogP contribution >= 0.6 is 22.9 Å². The average Bonchev–Trinajstić information content (AvgIpc) is 2.90. The van der Waals surface area contributed by atoms with Crippen LogP contribution in [0.4, 0.5) is 0 Å². The maximum atomic E-state index is 12.3. The smallest absolute Gasteiger partial charge is 0.356 e. The van der Waals surface area contributed by atoms with E-state index in [1.54, 1.807) is 24.1 Å². The van der Waals surface area contributed by atoms with Crippen LogP contribution in [-0.4, -0.2) is 35.9 Å². The third-order valence-corrected chi connectivity index (χ3v) is 3.99. The number of amides is 1. The molecule has 7 heteroatoms. The fourth-order valence-corrected chi connectivity index (χ4v) is 2.88. The Labute approximate surface area is 131 Å². The molecule has 110 valence electrons. The van der Waals surface area contributed by atoms with E-state index in [0.717, 1.165) is 4.88 Å². The van der Waals surface area contributed by atoms with Gasteiger partial charge in [0.2, 0.25) is 0 Å². The zero-order chi connectivity index (χ0) is 15.4. The second kappa shape index (κ2) is 6.69. The Morgan fingerprint density at radius 2 is 2.14 bits per heavy atom. The van der Waals surface area contributed by atoms with Crippen LogP contribution in [0.15, 0.2) is 30.5 Å². The normalized spacial score (nSPS) is 10.2. The molecule has 0 saturated carbocycles. The van der Waals surface area contributed by atoms with Crippen molar-refractivity contribution in [3.05, 3.63) is 50.9 Å². The molecule has 2 aromatic heterocycles. The Bertz CT molecular complexity index is 672. The minimum atomic E-state index is -0.572. The number of aromatic nitrogens is 1. The van der Waals surface area contributed by atoms with Gasteiger partial charge >= 0.3 is 5.97 Å². The molecule has 1 amide bonds. The monoisotopic (exact) mass is 324 g/mol. The van der Waals surface area contributed by atoms with Gasteiger partial charge in [-0.2, -0.15) is 0 Å². The van der Waals surface area contributed by atoms with Gasteiger partial charge in [0.15, 0.2) is 0 Å². The van der Waals surface area contributed by atoms with Gasteiger partial charge in [-0.05, 0) is 24.3 Å². The summed E-state index contributed by atoms with van der Waals surface area (Å²) in [7, 11) is 2.96. The first-order chi connectivity index (χ1) is 10.0. The molecule has 0 aliphatic carbocycles. The maximum absolute atomic E-state index is 12.3. The van der Waals surface area contributed by atoms with E-state index in [1.807, 2.05) is 6.07 Å². The number of ether oxygens (including phenoxy) is 1. The Morgan fingerprint density at radius 3 is 2.76 bits per heavy atom. The van der Waals surface area contributed by atoms with E-state index < -0.39 is 5.97 Å².